The van der Waals surface area contributed by atoms with Gasteiger partial charge in [-0.15, -0.1) is 29.8 Å². The number of hydrogen-bond donors (Lipinski definition) is 1. The van der Waals surface area contributed by atoms with E-state index in [1.54, 1.807) is 12.3 Å². The molecule has 9 rings (SSSR count). The minimum absolute atomic E-state index is 0. The Hall–Kier alpha value is -6.29. The van der Waals surface area contributed by atoms with Gasteiger partial charge in [0, 0.05) is 43.7 Å². The number of aromatic hydroxyl groups is 1. The minimum atomic E-state index is 0. The number of aromatic nitrogens is 3. The fourth-order valence-electron chi connectivity index (χ4n) is 6.87. The van der Waals surface area contributed by atoms with E-state index in [1.807, 2.05) is 72.8 Å². The molecule has 3 heterocycles. The zero-order valence-corrected chi connectivity index (χ0v) is 30.1. The van der Waals surface area contributed by atoms with Gasteiger partial charge in [-0.2, -0.15) is 0 Å². The Balaban J connectivity index is 0.00000387. The summed E-state index contributed by atoms with van der Waals surface area (Å²) in [6.45, 7) is 0. The summed E-state index contributed by atoms with van der Waals surface area (Å²) in [7, 11) is 0. The van der Waals surface area contributed by atoms with Gasteiger partial charge in [-0.1, -0.05) is 103 Å². The number of pyridine rings is 2. The molecule has 0 radical (unpaired) electrons. The van der Waals surface area contributed by atoms with Gasteiger partial charge >= 0.3 is 0 Å². The molecule has 0 bridgehead atoms. The summed E-state index contributed by atoms with van der Waals surface area (Å²) in [4.78, 5) is 12.3. The van der Waals surface area contributed by atoms with E-state index in [1.165, 1.54) is 0 Å². The Morgan fingerprint density at radius 3 is 2.00 bits per heavy atom. The number of hydrogen-bond acceptors (Lipinski definition) is 4. The maximum absolute atomic E-state index is 11.2. The summed E-state index contributed by atoms with van der Waals surface area (Å²) in [5.74, 6) is 0.971. The van der Waals surface area contributed by atoms with Crippen molar-refractivity contribution in [3.05, 3.63) is 188 Å². The summed E-state index contributed by atoms with van der Waals surface area (Å²) < 4.78 is 2.07. The second kappa shape index (κ2) is 14.1. The maximum atomic E-state index is 11.2. The molecule has 6 aromatic carbocycles. The molecule has 52 heavy (non-hydrogen) atoms. The van der Waals surface area contributed by atoms with Gasteiger partial charge in [-0.05, 0) is 88.2 Å². The summed E-state index contributed by atoms with van der Waals surface area (Å²) in [6.07, 6.45) is 1.80. The van der Waals surface area contributed by atoms with Crippen molar-refractivity contribution in [3.63, 3.8) is 0 Å². The molecule has 5 nitrogen and oxygen atoms in total. The predicted octanol–water partition coefficient (Wildman–Crippen LogP) is 11.5. The van der Waals surface area contributed by atoms with Gasteiger partial charge in [0.1, 0.15) is 17.2 Å². The minimum Gasteiger partial charge on any atom is -0.506 e. The molecule has 0 saturated heterocycles. The molecule has 252 valence electrons. The molecule has 0 aliphatic rings. The number of para-hydroxylation sites is 3. The molecule has 0 unspecified atom stereocenters. The van der Waals surface area contributed by atoms with Crippen LogP contribution < -0.4 is 4.90 Å². The van der Waals surface area contributed by atoms with Crippen LogP contribution in [0.15, 0.2) is 182 Å². The Morgan fingerprint density at radius 2 is 1.27 bits per heavy atom. The Bertz CT molecular complexity index is 2610. The van der Waals surface area contributed by atoms with E-state index >= 15 is 0 Å². The first kappa shape index (κ1) is 32.9. The number of fused-ring (bicyclic) bond motifs is 3. The second-order valence-corrected chi connectivity index (χ2v) is 12.4. The first-order chi connectivity index (χ1) is 25.2. The largest absolute Gasteiger partial charge is 0.506 e. The third kappa shape index (κ3) is 5.95. The zero-order valence-electron chi connectivity index (χ0n) is 27.9. The molecular weight excluding hydrogens is 820 g/mol. The third-order valence-electron chi connectivity index (χ3n) is 9.22. The van der Waals surface area contributed by atoms with Crippen LogP contribution in [0.3, 0.4) is 0 Å². The smallest absolute Gasteiger partial charge is 0.139 e. The van der Waals surface area contributed by atoms with Gasteiger partial charge in [0.05, 0.1) is 11.2 Å². The normalized spacial score (nSPS) is 11.0. The van der Waals surface area contributed by atoms with E-state index in [2.05, 4.69) is 113 Å². The summed E-state index contributed by atoms with van der Waals surface area (Å²) in [5.41, 5.74) is 10.1. The molecule has 0 fully saturated rings. The van der Waals surface area contributed by atoms with Crippen LogP contribution in [-0.2, 0) is 21.1 Å². The van der Waals surface area contributed by atoms with E-state index < -0.39 is 0 Å². The standard InChI is InChI=1S/C46H31N4O.Pt/c51-43-24-11-10-23-42(43)50-41-27-26-34(32-15-4-1-5-16-32)30-39(41)40-31-38(33-17-6-2-7-18-33)45(48-46(40)50)35-19-14-22-37(29-35)49(36-20-8-3-9-21-36)44-25-12-13-28-47-44;/h1-28,30-31,51H;/q-1;. The van der Waals surface area contributed by atoms with Crippen LogP contribution in [0, 0.1) is 6.07 Å². The second-order valence-electron chi connectivity index (χ2n) is 12.4. The molecule has 0 amide bonds. The van der Waals surface area contributed by atoms with Crippen molar-refractivity contribution in [2.75, 3.05) is 4.90 Å². The van der Waals surface area contributed by atoms with Crippen LogP contribution in [0.25, 0.3) is 61.1 Å². The van der Waals surface area contributed by atoms with Gasteiger partial charge in [0.15, 0.2) is 0 Å². The number of phenolic OH excluding ortho intramolecular Hbond substituents is 1. The monoisotopic (exact) mass is 850 g/mol. The van der Waals surface area contributed by atoms with E-state index in [0.717, 1.165) is 72.6 Å². The number of phenols is 1. The molecule has 0 atom stereocenters. The van der Waals surface area contributed by atoms with Gasteiger partial charge < -0.3 is 10.0 Å². The molecular formula is C46H31N4OPt-. The Morgan fingerprint density at radius 1 is 0.577 bits per heavy atom. The van der Waals surface area contributed by atoms with Gasteiger partial charge in [-0.3, -0.25) is 9.55 Å². The topological polar surface area (TPSA) is 54.2 Å². The average molecular weight is 851 g/mol. The van der Waals surface area contributed by atoms with Crippen molar-refractivity contribution >= 4 is 39.1 Å². The Labute approximate surface area is 316 Å². The van der Waals surface area contributed by atoms with Crippen molar-refractivity contribution in [2.45, 2.75) is 0 Å². The van der Waals surface area contributed by atoms with Crippen LogP contribution in [0.2, 0.25) is 0 Å². The van der Waals surface area contributed by atoms with Crippen molar-refractivity contribution in [1.29, 1.82) is 0 Å². The fraction of sp³-hybridized carbons (Fsp3) is 0. The number of rotatable bonds is 7. The van der Waals surface area contributed by atoms with E-state index in [0.29, 0.717) is 5.69 Å². The zero-order chi connectivity index (χ0) is 34.1. The van der Waals surface area contributed by atoms with Crippen LogP contribution in [-0.4, -0.2) is 19.6 Å². The molecule has 3 aromatic heterocycles. The molecule has 1 N–H and O–H groups in total. The molecule has 0 saturated carbocycles. The van der Waals surface area contributed by atoms with Gasteiger partial charge in [-0.25, -0.2) is 4.98 Å². The number of benzene rings is 6. The molecule has 6 heteroatoms. The first-order valence-corrected chi connectivity index (χ1v) is 16.9. The van der Waals surface area contributed by atoms with E-state index in [4.69, 9.17) is 9.97 Å². The first-order valence-electron chi connectivity index (χ1n) is 16.9. The van der Waals surface area contributed by atoms with Crippen LogP contribution in [0.1, 0.15) is 0 Å². The van der Waals surface area contributed by atoms with Crippen molar-refractivity contribution in [3.8, 4) is 44.9 Å². The quantitative estimate of drug-likeness (QED) is 0.162. The predicted molar refractivity (Wildman–Crippen MR) is 208 cm³/mol. The van der Waals surface area contributed by atoms with Gasteiger partial charge in [0.2, 0.25) is 0 Å². The van der Waals surface area contributed by atoms with Crippen molar-refractivity contribution in [1.82, 2.24) is 14.5 Å². The summed E-state index contributed by atoms with van der Waals surface area (Å²) in [6, 6.07) is 63.0. The molecule has 0 aliphatic carbocycles. The summed E-state index contributed by atoms with van der Waals surface area (Å²) >= 11 is 0. The van der Waals surface area contributed by atoms with Crippen molar-refractivity contribution in [2.24, 2.45) is 0 Å². The van der Waals surface area contributed by atoms with E-state index in [9.17, 15) is 5.11 Å². The Kier molecular flexibility index (Phi) is 8.95. The van der Waals surface area contributed by atoms with Crippen LogP contribution in [0.5, 0.6) is 5.75 Å². The van der Waals surface area contributed by atoms with Crippen LogP contribution >= 0.6 is 0 Å². The van der Waals surface area contributed by atoms with Gasteiger partial charge in [0.25, 0.3) is 0 Å². The SMILES string of the molecule is Oc1ccccc1-n1c2ccc(-c3ccccc3)cc2c2cc(-c3ccccc3)c(-c3[c-]c(N(c4ccccc4)c4ccccn4)ccc3)nc21.[Pt]. The molecule has 0 spiro atoms. The summed E-state index contributed by atoms with van der Waals surface area (Å²) in [5, 5.41) is 13.2. The maximum Gasteiger partial charge on any atom is 0.139 e. The molecule has 9 aromatic rings. The average Bonchev–Trinajstić information content (AvgIpc) is 3.52. The van der Waals surface area contributed by atoms with Crippen molar-refractivity contribution < 1.29 is 26.2 Å². The third-order valence-corrected chi connectivity index (χ3v) is 9.22. The number of nitrogens with zero attached hydrogens (tertiary/aromatic N) is 4. The number of anilines is 3. The van der Waals surface area contributed by atoms with Crippen LogP contribution in [0.4, 0.5) is 17.2 Å². The fourth-order valence-corrected chi connectivity index (χ4v) is 6.87. The van der Waals surface area contributed by atoms with E-state index in [-0.39, 0.29) is 26.8 Å². The molecule has 0 aliphatic heterocycles.